The summed E-state index contributed by atoms with van der Waals surface area (Å²) < 4.78 is 0.455. The van der Waals surface area contributed by atoms with Crippen molar-refractivity contribution in [1.29, 1.82) is 0 Å². The fraction of sp³-hybridized carbons (Fsp3) is 0. The molecule has 68 valence electrons. The average molecular weight is 212 g/mol. The third-order valence-corrected chi connectivity index (χ3v) is 2.42. The Morgan fingerprint density at radius 1 is 1.54 bits per heavy atom. The number of para-hydroxylation sites is 1. The topological polar surface area (TPSA) is 44.6 Å². The minimum atomic E-state index is 0.209. The zero-order chi connectivity index (χ0) is 9.68. The van der Waals surface area contributed by atoms with Crippen LogP contribution in [-0.4, -0.2) is 16.1 Å². The first-order chi connectivity index (χ1) is 6.24. The summed E-state index contributed by atoms with van der Waals surface area (Å²) in [6.45, 7) is 3.24. The molecule has 0 saturated heterocycles. The van der Waals surface area contributed by atoms with E-state index < -0.39 is 0 Å². The molecule has 0 heterocycles. The maximum Gasteiger partial charge on any atom is 0.158 e. The van der Waals surface area contributed by atoms with Crippen LogP contribution in [0.1, 0.15) is 0 Å². The number of rotatable bonds is 2. The Balaban J connectivity index is 2.68. The van der Waals surface area contributed by atoms with Gasteiger partial charge in [-0.1, -0.05) is 36.1 Å². The molecule has 0 aliphatic rings. The van der Waals surface area contributed by atoms with Gasteiger partial charge in [-0.15, -0.1) is 0 Å². The van der Waals surface area contributed by atoms with Gasteiger partial charge in [0, 0.05) is 6.72 Å². The van der Waals surface area contributed by atoms with Crippen LogP contribution < -0.4 is 5.43 Å². The van der Waals surface area contributed by atoms with Crippen LogP contribution >= 0.6 is 24.0 Å². The maximum atomic E-state index is 9.37. The van der Waals surface area contributed by atoms with Crippen LogP contribution in [0.3, 0.4) is 0 Å². The molecule has 0 radical (unpaired) electrons. The van der Waals surface area contributed by atoms with Gasteiger partial charge in [-0.3, -0.25) is 5.43 Å². The molecule has 0 bridgehead atoms. The molecule has 1 aromatic carbocycles. The van der Waals surface area contributed by atoms with Crippen molar-refractivity contribution < 1.29 is 5.11 Å². The number of hydrogen-bond donors (Lipinski definition) is 2. The lowest BCUT2D eigenvalue weighted by Crippen LogP contribution is -2.09. The normalized spacial score (nSPS) is 9.23. The molecule has 0 aliphatic heterocycles. The summed E-state index contributed by atoms with van der Waals surface area (Å²) in [7, 11) is 0. The van der Waals surface area contributed by atoms with E-state index in [1.165, 1.54) is 11.8 Å². The number of benzene rings is 1. The summed E-state index contributed by atoms with van der Waals surface area (Å²) >= 11 is 6.13. The molecule has 0 saturated carbocycles. The molecule has 13 heavy (non-hydrogen) atoms. The van der Waals surface area contributed by atoms with Crippen LogP contribution in [0.2, 0.25) is 0 Å². The molecular formula is C8H8N2OS2. The molecule has 0 unspecified atom stereocenters. The molecule has 1 aromatic rings. The van der Waals surface area contributed by atoms with Gasteiger partial charge >= 0.3 is 0 Å². The standard InChI is InChI=1S/C8H8N2OS2/c1-9-10-8(12)13-7-5-3-2-4-6(7)11/h2-5,11H,1H2,(H,10,12). The Bertz CT molecular complexity index is 328. The third-order valence-electron chi connectivity index (χ3n) is 1.24. The van der Waals surface area contributed by atoms with Crippen LogP contribution in [-0.2, 0) is 0 Å². The lowest BCUT2D eigenvalue weighted by molar-refractivity contribution is 0.462. The summed E-state index contributed by atoms with van der Waals surface area (Å²) in [5.41, 5.74) is 2.52. The highest BCUT2D eigenvalue weighted by Crippen LogP contribution is 2.27. The fourth-order valence-electron chi connectivity index (χ4n) is 0.731. The number of hydrazone groups is 1. The second-order valence-corrected chi connectivity index (χ2v) is 3.85. The average Bonchev–Trinajstić information content (AvgIpc) is 2.09. The Hall–Kier alpha value is -1.07. The molecule has 5 heteroatoms. The monoisotopic (exact) mass is 212 g/mol. The van der Waals surface area contributed by atoms with Gasteiger partial charge in [0.25, 0.3) is 0 Å². The molecule has 3 nitrogen and oxygen atoms in total. The van der Waals surface area contributed by atoms with Crippen molar-refractivity contribution in [3.05, 3.63) is 24.3 Å². The fourth-order valence-corrected chi connectivity index (χ4v) is 1.69. The lowest BCUT2D eigenvalue weighted by atomic mass is 10.3. The van der Waals surface area contributed by atoms with E-state index in [4.69, 9.17) is 12.2 Å². The van der Waals surface area contributed by atoms with Gasteiger partial charge in [-0.05, 0) is 12.1 Å². The van der Waals surface area contributed by atoms with Gasteiger partial charge in [0.05, 0.1) is 4.90 Å². The van der Waals surface area contributed by atoms with Crippen molar-refractivity contribution in [3.8, 4) is 5.75 Å². The summed E-state index contributed by atoms with van der Waals surface area (Å²) in [6, 6.07) is 6.96. The van der Waals surface area contributed by atoms with E-state index >= 15 is 0 Å². The van der Waals surface area contributed by atoms with Crippen molar-refractivity contribution in [2.45, 2.75) is 4.90 Å². The van der Waals surface area contributed by atoms with Crippen LogP contribution in [0, 0.1) is 0 Å². The highest BCUT2D eigenvalue weighted by molar-refractivity contribution is 8.23. The Kier molecular flexibility index (Phi) is 3.72. The molecule has 0 aliphatic carbocycles. The third kappa shape index (κ3) is 3.04. The predicted molar refractivity (Wildman–Crippen MR) is 59.2 cm³/mol. The Morgan fingerprint density at radius 3 is 2.85 bits per heavy atom. The van der Waals surface area contributed by atoms with Crippen molar-refractivity contribution in [3.63, 3.8) is 0 Å². The second kappa shape index (κ2) is 4.84. The van der Waals surface area contributed by atoms with E-state index in [0.717, 1.165) is 0 Å². The first kappa shape index (κ1) is 10.0. The number of hydrogen-bond acceptors (Lipinski definition) is 4. The molecule has 2 N–H and O–H groups in total. The van der Waals surface area contributed by atoms with E-state index in [9.17, 15) is 5.11 Å². The van der Waals surface area contributed by atoms with E-state index in [1.807, 2.05) is 6.07 Å². The summed E-state index contributed by atoms with van der Waals surface area (Å²) in [5, 5.41) is 12.8. The van der Waals surface area contributed by atoms with Crippen LogP contribution in [0.4, 0.5) is 0 Å². The Labute approximate surface area is 85.9 Å². The van der Waals surface area contributed by atoms with Gasteiger partial charge in [0.1, 0.15) is 5.75 Å². The van der Waals surface area contributed by atoms with Gasteiger partial charge in [0.2, 0.25) is 0 Å². The minimum absolute atomic E-state index is 0.209. The highest BCUT2D eigenvalue weighted by atomic mass is 32.2. The van der Waals surface area contributed by atoms with Gasteiger partial charge in [0.15, 0.2) is 4.32 Å². The minimum Gasteiger partial charge on any atom is -0.507 e. The van der Waals surface area contributed by atoms with Gasteiger partial charge in [-0.25, -0.2) is 0 Å². The molecule has 0 aromatic heterocycles. The number of nitrogens with one attached hydrogen (secondary N) is 1. The van der Waals surface area contributed by atoms with Crippen molar-refractivity contribution in [2.24, 2.45) is 5.10 Å². The summed E-state index contributed by atoms with van der Waals surface area (Å²) in [6.07, 6.45) is 0. The lowest BCUT2D eigenvalue weighted by Gasteiger charge is -2.03. The van der Waals surface area contributed by atoms with E-state index in [1.54, 1.807) is 18.2 Å². The number of phenols is 1. The molecular weight excluding hydrogens is 204 g/mol. The van der Waals surface area contributed by atoms with E-state index in [0.29, 0.717) is 9.22 Å². The van der Waals surface area contributed by atoms with Crippen LogP contribution in [0.25, 0.3) is 0 Å². The van der Waals surface area contributed by atoms with Gasteiger partial charge < -0.3 is 5.11 Å². The summed E-state index contributed by atoms with van der Waals surface area (Å²) in [5.74, 6) is 0.209. The molecule has 0 spiro atoms. The number of nitrogens with zero attached hydrogens (tertiary/aromatic N) is 1. The van der Waals surface area contributed by atoms with Crippen molar-refractivity contribution in [2.75, 3.05) is 0 Å². The quantitative estimate of drug-likeness (QED) is 0.340. The van der Waals surface area contributed by atoms with Crippen LogP contribution in [0.15, 0.2) is 34.3 Å². The molecule has 0 amide bonds. The molecule has 1 rings (SSSR count). The van der Waals surface area contributed by atoms with Gasteiger partial charge in [-0.2, -0.15) is 5.10 Å². The number of thioether (sulfide) groups is 1. The second-order valence-electron chi connectivity index (χ2n) is 2.13. The van der Waals surface area contributed by atoms with E-state index in [2.05, 4.69) is 17.2 Å². The number of thiocarbonyl (C=S) groups is 1. The largest absolute Gasteiger partial charge is 0.507 e. The first-order valence-corrected chi connectivity index (χ1v) is 4.68. The van der Waals surface area contributed by atoms with E-state index in [-0.39, 0.29) is 5.75 Å². The number of aromatic hydroxyl groups is 1. The molecule has 0 fully saturated rings. The van der Waals surface area contributed by atoms with Crippen LogP contribution in [0.5, 0.6) is 5.75 Å². The molecule has 0 atom stereocenters. The Morgan fingerprint density at radius 2 is 2.23 bits per heavy atom. The zero-order valence-electron chi connectivity index (χ0n) is 6.73. The zero-order valence-corrected chi connectivity index (χ0v) is 8.36. The maximum absolute atomic E-state index is 9.37. The first-order valence-electron chi connectivity index (χ1n) is 3.45. The summed E-state index contributed by atoms with van der Waals surface area (Å²) in [4.78, 5) is 0.698. The van der Waals surface area contributed by atoms with Crippen molar-refractivity contribution >= 4 is 35.0 Å². The SMILES string of the molecule is C=NNC(=S)Sc1ccccc1O. The van der Waals surface area contributed by atoms with Crippen molar-refractivity contribution in [1.82, 2.24) is 5.43 Å². The predicted octanol–water partition coefficient (Wildman–Crippen LogP) is 1.97. The smallest absolute Gasteiger partial charge is 0.158 e. The number of phenolic OH excluding ortho intramolecular Hbond substituents is 1. The highest BCUT2D eigenvalue weighted by Gasteiger charge is 2.02.